The van der Waals surface area contributed by atoms with Gasteiger partial charge in [-0.1, -0.05) is 17.7 Å². The van der Waals surface area contributed by atoms with Gasteiger partial charge in [0, 0.05) is 23.6 Å². The molecule has 0 unspecified atom stereocenters. The van der Waals surface area contributed by atoms with Gasteiger partial charge in [0.05, 0.1) is 42.4 Å². The number of halogens is 1. The zero-order valence-corrected chi connectivity index (χ0v) is 18.9. The Hall–Kier alpha value is -3.98. The van der Waals surface area contributed by atoms with Gasteiger partial charge >= 0.3 is 0 Å². The van der Waals surface area contributed by atoms with Gasteiger partial charge in [0.2, 0.25) is 5.91 Å². The molecule has 1 amide bonds. The van der Waals surface area contributed by atoms with Crippen molar-refractivity contribution in [1.29, 1.82) is 0 Å². The van der Waals surface area contributed by atoms with Crippen LogP contribution in [0.3, 0.4) is 0 Å². The van der Waals surface area contributed by atoms with Crippen LogP contribution in [0.2, 0.25) is 5.02 Å². The van der Waals surface area contributed by atoms with Crippen molar-refractivity contribution in [3.8, 4) is 0 Å². The lowest BCUT2D eigenvalue weighted by molar-refractivity contribution is -0.115. The van der Waals surface area contributed by atoms with E-state index in [0.29, 0.717) is 34.7 Å². The van der Waals surface area contributed by atoms with Gasteiger partial charge in [0.25, 0.3) is 0 Å². The van der Waals surface area contributed by atoms with Crippen molar-refractivity contribution in [2.24, 2.45) is 0 Å². The third kappa shape index (κ3) is 4.17. The lowest BCUT2D eigenvalue weighted by Crippen LogP contribution is -2.17. The highest BCUT2D eigenvalue weighted by molar-refractivity contribution is 6.30. The van der Waals surface area contributed by atoms with E-state index in [0.717, 1.165) is 16.9 Å². The number of pyridine rings is 2. The Labute approximate surface area is 199 Å². The molecule has 0 radical (unpaired) electrons. The second kappa shape index (κ2) is 8.42. The van der Waals surface area contributed by atoms with E-state index in [2.05, 4.69) is 53.3 Å². The molecular weight excluding hydrogens is 452 g/mol. The number of anilines is 2. The van der Waals surface area contributed by atoms with Crippen LogP contribution in [0.15, 0.2) is 61.7 Å². The molecule has 10 heteroatoms. The molecule has 5 aromatic rings. The van der Waals surface area contributed by atoms with Crippen molar-refractivity contribution in [1.82, 2.24) is 28.7 Å². The monoisotopic (exact) mass is 472 g/mol. The topological polar surface area (TPSA) is 102 Å². The summed E-state index contributed by atoms with van der Waals surface area (Å²) in [4.78, 5) is 30.1. The van der Waals surface area contributed by atoms with Crippen LogP contribution in [0.4, 0.5) is 11.5 Å². The molecule has 0 spiro atoms. The molecule has 170 valence electrons. The molecule has 1 saturated carbocycles. The predicted octanol–water partition coefficient (Wildman–Crippen LogP) is 4.10. The summed E-state index contributed by atoms with van der Waals surface area (Å²) in [5.74, 6) is 0.994. The largest absolute Gasteiger partial charge is 0.363 e. The summed E-state index contributed by atoms with van der Waals surface area (Å²) in [6.45, 7) is 0.463. The second-order valence-corrected chi connectivity index (χ2v) is 8.86. The van der Waals surface area contributed by atoms with E-state index in [1.807, 2.05) is 16.8 Å². The molecule has 6 rings (SSSR count). The van der Waals surface area contributed by atoms with Crippen molar-refractivity contribution in [3.05, 3.63) is 83.7 Å². The van der Waals surface area contributed by atoms with Crippen molar-refractivity contribution in [2.75, 3.05) is 10.6 Å². The Bertz CT molecular complexity index is 1520. The van der Waals surface area contributed by atoms with E-state index < -0.39 is 0 Å². The first-order valence-electron chi connectivity index (χ1n) is 11.0. The number of fused-ring (bicyclic) bond motifs is 2. The minimum absolute atomic E-state index is 0.0982. The molecule has 0 aromatic carbocycles. The summed E-state index contributed by atoms with van der Waals surface area (Å²) in [7, 11) is 0. The number of hydrogen-bond acceptors (Lipinski definition) is 6. The fourth-order valence-electron chi connectivity index (χ4n) is 4.04. The Balaban J connectivity index is 1.15. The van der Waals surface area contributed by atoms with Crippen LogP contribution in [0.5, 0.6) is 0 Å². The number of aromatic nitrogens is 6. The third-order valence-corrected chi connectivity index (χ3v) is 6.14. The predicted molar refractivity (Wildman–Crippen MR) is 129 cm³/mol. The number of hydrogen-bond donors (Lipinski definition) is 2. The summed E-state index contributed by atoms with van der Waals surface area (Å²) in [6.07, 6.45) is 13.3. The SMILES string of the molecule is O=C(Cc1ncn2ccc(Cl)cc12)Nc1cncnc1NCc1cn2cc(C3CC3)ccc2n1. The van der Waals surface area contributed by atoms with Gasteiger partial charge in [0.15, 0.2) is 5.82 Å². The van der Waals surface area contributed by atoms with E-state index in [-0.39, 0.29) is 12.3 Å². The van der Waals surface area contributed by atoms with Gasteiger partial charge in [-0.2, -0.15) is 0 Å². The Morgan fingerprint density at radius 3 is 2.94 bits per heavy atom. The van der Waals surface area contributed by atoms with Gasteiger partial charge in [-0.15, -0.1) is 0 Å². The number of amides is 1. The first-order valence-corrected chi connectivity index (χ1v) is 11.4. The minimum atomic E-state index is -0.223. The van der Waals surface area contributed by atoms with Crippen LogP contribution < -0.4 is 10.6 Å². The fraction of sp³-hybridized carbons (Fsp3) is 0.208. The maximum absolute atomic E-state index is 12.8. The zero-order chi connectivity index (χ0) is 23.1. The lowest BCUT2D eigenvalue weighted by Gasteiger charge is -2.10. The van der Waals surface area contributed by atoms with E-state index in [9.17, 15) is 4.79 Å². The summed E-state index contributed by atoms with van der Waals surface area (Å²) < 4.78 is 3.89. The van der Waals surface area contributed by atoms with Gasteiger partial charge in [-0.05, 0) is 42.5 Å². The molecule has 0 saturated heterocycles. The van der Waals surface area contributed by atoms with Crippen LogP contribution in [-0.4, -0.2) is 34.6 Å². The van der Waals surface area contributed by atoms with Gasteiger partial charge in [0.1, 0.15) is 17.7 Å². The zero-order valence-electron chi connectivity index (χ0n) is 18.1. The summed E-state index contributed by atoms with van der Waals surface area (Å²) >= 11 is 6.10. The van der Waals surface area contributed by atoms with Gasteiger partial charge in [-0.3, -0.25) is 4.79 Å². The summed E-state index contributed by atoms with van der Waals surface area (Å²) in [5, 5.41) is 6.74. The molecule has 5 heterocycles. The third-order valence-electron chi connectivity index (χ3n) is 5.90. The van der Waals surface area contributed by atoms with E-state index >= 15 is 0 Å². The van der Waals surface area contributed by atoms with Crippen LogP contribution in [0.1, 0.15) is 35.7 Å². The molecule has 34 heavy (non-hydrogen) atoms. The molecule has 1 fully saturated rings. The smallest absolute Gasteiger partial charge is 0.230 e. The normalized spacial score (nSPS) is 13.4. The highest BCUT2D eigenvalue weighted by Gasteiger charge is 2.23. The Morgan fingerprint density at radius 1 is 1.15 bits per heavy atom. The first-order chi connectivity index (χ1) is 16.6. The molecule has 1 aliphatic rings. The van der Waals surface area contributed by atoms with E-state index in [1.54, 1.807) is 24.7 Å². The number of carbonyl (C=O) groups excluding carboxylic acids is 1. The van der Waals surface area contributed by atoms with Crippen LogP contribution in [-0.2, 0) is 17.8 Å². The summed E-state index contributed by atoms with van der Waals surface area (Å²) in [6, 6.07) is 7.78. The van der Waals surface area contributed by atoms with Crippen LogP contribution in [0.25, 0.3) is 11.2 Å². The molecule has 2 N–H and O–H groups in total. The van der Waals surface area contributed by atoms with Gasteiger partial charge < -0.3 is 19.4 Å². The fourth-order valence-corrected chi connectivity index (χ4v) is 4.20. The number of imidazole rings is 2. The number of carbonyl (C=O) groups is 1. The maximum atomic E-state index is 12.8. The van der Waals surface area contributed by atoms with Crippen molar-refractivity contribution < 1.29 is 4.79 Å². The van der Waals surface area contributed by atoms with Crippen molar-refractivity contribution in [3.63, 3.8) is 0 Å². The highest BCUT2D eigenvalue weighted by atomic mass is 35.5. The number of nitrogens with zero attached hydrogens (tertiary/aromatic N) is 6. The van der Waals surface area contributed by atoms with E-state index in [4.69, 9.17) is 11.6 Å². The maximum Gasteiger partial charge on any atom is 0.230 e. The van der Waals surface area contributed by atoms with Crippen molar-refractivity contribution >= 4 is 40.2 Å². The van der Waals surface area contributed by atoms with Crippen molar-refractivity contribution in [2.45, 2.75) is 31.7 Å². The molecule has 0 aliphatic heterocycles. The Kier molecular flexibility index (Phi) is 5.10. The van der Waals surface area contributed by atoms with Gasteiger partial charge in [-0.25, -0.2) is 19.9 Å². The number of nitrogens with one attached hydrogen (secondary N) is 2. The molecule has 9 nitrogen and oxygen atoms in total. The summed E-state index contributed by atoms with van der Waals surface area (Å²) in [5.41, 5.74) is 5.07. The van der Waals surface area contributed by atoms with Crippen LogP contribution >= 0.6 is 11.6 Å². The quantitative estimate of drug-likeness (QED) is 0.370. The number of rotatable bonds is 7. The van der Waals surface area contributed by atoms with E-state index in [1.165, 1.54) is 24.7 Å². The molecule has 1 aliphatic carbocycles. The molecule has 0 atom stereocenters. The average molecular weight is 473 g/mol. The molecule has 0 bridgehead atoms. The second-order valence-electron chi connectivity index (χ2n) is 8.43. The highest BCUT2D eigenvalue weighted by Crippen LogP contribution is 2.39. The van der Waals surface area contributed by atoms with Crippen LogP contribution in [0, 0.1) is 0 Å². The lowest BCUT2D eigenvalue weighted by atomic mass is 10.2. The average Bonchev–Trinajstić information content (AvgIpc) is 3.50. The molecular formula is C24H21ClN8O. The Morgan fingerprint density at radius 2 is 2.06 bits per heavy atom. The molecule has 5 aromatic heterocycles. The first kappa shape index (κ1) is 20.6. The standard InChI is InChI=1S/C24H21ClN8O/c25-17-5-6-32-14-29-19(21(32)7-17)8-23(34)31-20-10-26-13-28-24(20)27-9-18-12-33-11-16(15-1-2-15)3-4-22(33)30-18/h3-7,10-15H,1-2,8-9H2,(H,31,34)(H,26,27,28). The minimum Gasteiger partial charge on any atom is -0.363 e.